The number of rotatable bonds is 58. The molecule has 78 heavy (non-hydrogen) atoms. The van der Waals surface area contributed by atoms with Crippen LogP contribution in [0.1, 0.15) is 316 Å². The van der Waals surface area contributed by atoms with Crippen LogP contribution < -0.4 is 5.32 Å². The van der Waals surface area contributed by atoms with Gasteiger partial charge in [0, 0.05) is 12.8 Å². The van der Waals surface area contributed by atoms with E-state index in [0.29, 0.717) is 19.4 Å². The Balaban J connectivity index is 2.01. The van der Waals surface area contributed by atoms with Gasteiger partial charge in [-0.25, -0.2) is 0 Å². The predicted octanol–water partition coefficient (Wildman–Crippen LogP) is 16.2. The van der Waals surface area contributed by atoms with Gasteiger partial charge in [0.1, 0.15) is 24.4 Å². The third kappa shape index (κ3) is 45.5. The SMILES string of the molecule is CCCCC/C=C/CC/C=C/CC/C=C/C(O)C(COC1OC(CO)C(O)C(O)C1O)NC(=O)CCCCCCCCCCCCCCCCCCCCCCCCCCCCOC(=O)CCCCCCCCCCCCC. The summed E-state index contributed by atoms with van der Waals surface area (Å²) >= 11 is 0. The van der Waals surface area contributed by atoms with Gasteiger partial charge < -0.3 is 45.1 Å². The van der Waals surface area contributed by atoms with Gasteiger partial charge in [-0.05, 0) is 57.8 Å². The molecule has 0 aliphatic carbocycles. The molecule has 11 heteroatoms. The number of hydrogen-bond donors (Lipinski definition) is 6. The summed E-state index contributed by atoms with van der Waals surface area (Å²) in [7, 11) is 0. The lowest BCUT2D eigenvalue weighted by molar-refractivity contribution is -0.302. The first-order valence-electron chi connectivity index (χ1n) is 33.3. The van der Waals surface area contributed by atoms with Gasteiger partial charge in [-0.15, -0.1) is 0 Å². The lowest BCUT2D eigenvalue weighted by Gasteiger charge is -2.40. The molecule has 0 saturated carbocycles. The summed E-state index contributed by atoms with van der Waals surface area (Å²) in [6.07, 6.45) is 61.2. The van der Waals surface area contributed by atoms with Crippen LogP contribution in [-0.4, -0.2) is 100 Å². The smallest absolute Gasteiger partial charge is 0.305 e. The van der Waals surface area contributed by atoms with Crippen LogP contribution in [0.15, 0.2) is 36.5 Å². The highest BCUT2D eigenvalue weighted by atomic mass is 16.7. The number of carbonyl (C=O) groups is 2. The molecule has 0 spiro atoms. The second kappa shape index (κ2) is 56.7. The minimum Gasteiger partial charge on any atom is -0.466 e. The molecule has 0 aromatic heterocycles. The van der Waals surface area contributed by atoms with E-state index in [1.165, 1.54) is 218 Å². The fourth-order valence-corrected chi connectivity index (χ4v) is 10.5. The van der Waals surface area contributed by atoms with Crippen molar-refractivity contribution in [1.29, 1.82) is 0 Å². The molecule has 1 fully saturated rings. The Hall–Kier alpha value is -2.12. The summed E-state index contributed by atoms with van der Waals surface area (Å²) in [6.45, 7) is 4.31. The highest BCUT2D eigenvalue weighted by Crippen LogP contribution is 2.23. The van der Waals surface area contributed by atoms with Crippen LogP contribution in [0, 0.1) is 0 Å². The molecule has 458 valence electrons. The van der Waals surface area contributed by atoms with Crippen molar-refractivity contribution in [3.8, 4) is 0 Å². The van der Waals surface area contributed by atoms with Crippen molar-refractivity contribution in [3.05, 3.63) is 36.5 Å². The van der Waals surface area contributed by atoms with Crippen LogP contribution in [0.2, 0.25) is 0 Å². The molecule has 1 aliphatic rings. The van der Waals surface area contributed by atoms with Crippen molar-refractivity contribution >= 4 is 11.9 Å². The van der Waals surface area contributed by atoms with E-state index in [-0.39, 0.29) is 18.5 Å². The molecule has 7 atom stereocenters. The maximum atomic E-state index is 13.0. The van der Waals surface area contributed by atoms with Crippen molar-refractivity contribution in [2.75, 3.05) is 19.8 Å². The summed E-state index contributed by atoms with van der Waals surface area (Å²) < 4.78 is 16.7. The summed E-state index contributed by atoms with van der Waals surface area (Å²) in [4.78, 5) is 25.1. The molecular weight excluding hydrogens is 979 g/mol. The predicted molar refractivity (Wildman–Crippen MR) is 324 cm³/mol. The quantitative estimate of drug-likeness (QED) is 0.0195. The van der Waals surface area contributed by atoms with E-state index >= 15 is 0 Å². The van der Waals surface area contributed by atoms with Crippen LogP contribution in [-0.2, 0) is 23.8 Å². The first-order valence-corrected chi connectivity index (χ1v) is 33.3. The molecule has 0 bridgehead atoms. The molecule has 7 unspecified atom stereocenters. The van der Waals surface area contributed by atoms with Crippen LogP contribution in [0.5, 0.6) is 0 Å². The minimum absolute atomic E-state index is 0.00647. The topological polar surface area (TPSA) is 175 Å². The third-order valence-corrected chi connectivity index (χ3v) is 15.7. The van der Waals surface area contributed by atoms with E-state index in [2.05, 4.69) is 43.5 Å². The Labute approximate surface area is 479 Å². The molecule has 1 rings (SSSR count). The maximum Gasteiger partial charge on any atom is 0.305 e. The van der Waals surface area contributed by atoms with Crippen molar-refractivity contribution in [1.82, 2.24) is 5.32 Å². The van der Waals surface area contributed by atoms with Crippen LogP contribution >= 0.6 is 0 Å². The van der Waals surface area contributed by atoms with Crippen molar-refractivity contribution in [2.45, 2.75) is 358 Å². The minimum atomic E-state index is -1.58. The molecule has 1 aliphatic heterocycles. The molecule has 0 radical (unpaired) electrons. The number of aliphatic hydroxyl groups excluding tert-OH is 5. The second-order valence-corrected chi connectivity index (χ2v) is 23.2. The van der Waals surface area contributed by atoms with Crippen molar-refractivity contribution < 1.29 is 49.3 Å². The van der Waals surface area contributed by atoms with Crippen LogP contribution in [0.25, 0.3) is 0 Å². The second-order valence-electron chi connectivity index (χ2n) is 23.2. The molecular formula is C67H125NO10. The molecule has 6 N–H and O–H groups in total. The average Bonchev–Trinajstić information content (AvgIpc) is 3.44. The van der Waals surface area contributed by atoms with Gasteiger partial charge in [0.25, 0.3) is 0 Å². The number of aliphatic hydroxyl groups is 5. The molecule has 0 aromatic carbocycles. The first-order chi connectivity index (χ1) is 38.2. The lowest BCUT2D eigenvalue weighted by Crippen LogP contribution is -2.60. The van der Waals surface area contributed by atoms with E-state index in [1.54, 1.807) is 6.08 Å². The number of unbranched alkanes of at least 4 members (excludes halogenated alkanes) is 40. The van der Waals surface area contributed by atoms with E-state index in [4.69, 9.17) is 14.2 Å². The molecule has 0 aromatic rings. The molecule has 1 amide bonds. The van der Waals surface area contributed by atoms with Crippen LogP contribution in [0.4, 0.5) is 0 Å². The van der Waals surface area contributed by atoms with Gasteiger partial charge in [0.2, 0.25) is 5.91 Å². The number of amides is 1. The summed E-state index contributed by atoms with van der Waals surface area (Å²) in [5.41, 5.74) is 0. The Morgan fingerprint density at radius 3 is 1.27 bits per heavy atom. The zero-order valence-electron chi connectivity index (χ0n) is 50.6. The van der Waals surface area contributed by atoms with Gasteiger partial charge in [-0.2, -0.15) is 0 Å². The number of carbonyl (C=O) groups excluding carboxylic acids is 2. The van der Waals surface area contributed by atoms with Crippen molar-refractivity contribution in [3.63, 3.8) is 0 Å². The van der Waals surface area contributed by atoms with E-state index in [9.17, 15) is 35.1 Å². The average molecular weight is 1100 g/mol. The fraction of sp³-hybridized carbons (Fsp3) is 0.881. The Morgan fingerprint density at radius 2 is 0.833 bits per heavy atom. The largest absolute Gasteiger partial charge is 0.466 e. The number of nitrogens with one attached hydrogen (secondary N) is 1. The first kappa shape index (κ1) is 73.9. The number of allylic oxidation sites excluding steroid dienone is 5. The molecule has 1 heterocycles. The van der Waals surface area contributed by atoms with Gasteiger partial charge in [-0.3, -0.25) is 9.59 Å². The van der Waals surface area contributed by atoms with Crippen molar-refractivity contribution in [2.24, 2.45) is 0 Å². The lowest BCUT2D eigenvalue weighted by atomic mass is 9.99. The normalized spacial score (nSPS) is 18.7. The molecule has 11 nitrogen and oxygen atoms in total. The standard InChI is InChI=1S/C67H125NO10/c1-3-5-7-9-11-13-15-30-34-37-41-45-49-53-60(70)59(58-77-67-66(75)65(74)64(73)61(57-69)78-67)68-62(71)54-50-46-42-38-35-31-28-26-24-22-20-18-16-17-19-21-23-25-27-29-32-36-40-44-48-52-56-76-63(72)55-51-47-43-39-33-14-12-10-8-6-4-2/h11,13,34,37,49,53,59-61,64-67,69-70,73-75H,3-10,12,14-33,35-36,38-48,50-52,54-58H2,1-2H3,(H,68,71)/b13-11+,37-34+,53-49+. The van der Waals surface area contributed by atoms with E-state index in [1.807, 2.05) is 6.08 Å². The Kier molecular flexibility index (Phi) is 53.7. The summed E-state index contributed by atoms with van der Waals surface area (Å²) in [5.74, 6) is -0.187. The zero-order valence-corrected chi connectivity index (χ0v) is 50.6. The summed E-state index contributed by atoms with van der Waals surface area (Å²) in [6, 6.07) is -0.833. The third-order valence-electron chi connectivity index (χ3n) is 15.7. The number of ether oxygens (including phenoxy) is 3. The Morgan fingerprint density at radius 1 is 0.462 bits per heavy atom. The van der Waals surface area contributed by atoms with Crippen LogP contribution in [0.3, 0.4) is 0 Å². The Bertz CT molecular complexity index is 1390. The fourth-order valence-electron chi connectivity index (χ4n) is 10.5. The monoisotopic (exact) mass is 1100 g/mol. The van der Waals surface area contributed by atoms with E-state index in [0.717, 1.165) is 70.6 Å². The summed E-state index contributed by atoms with van der Waals surface area (Å²) in [5, 5.41) is 54.4. The van der Waals surface area contributed by atoms with Gasteiger partial charge in [0.05, 0.1) is 32.0 Å². The highest BCUT2D eigenvalue weighted by molar-refractivity contribution is 5.76. The van der Waals surface area contributed by atoms with Gasteiger partial charge in [-0.1, -0.05) is 281 Å². The van der Waals surface area contributed by atoms with Gasteiger partial charge in [0.15, 0.2) is 6.29 Å². The van der Waals surface area contributed by atoms with E-state index < -0.39 is 49.5 Å². The highest BCUT2D eigenvalue weighted by Gasteiger charge is 2.44. The van der Waals surface area contributed by atoms with Gasteiger partial charge >= 0.3 is 5.97 Å². The maximum absolute atomic E-state index is 13.0. The number of hydrogen-bond acceptors (Lipinski definition) is 10. The zero-order chi connectivity index (χ0) is 56.6. The molecule has 1 saturated heterocycles. The number of esters is 1.